The summed E-state index contributed by atoms with van der Waals surface area (Å²) < 4.78 is 0. The number of anilines is 1. The highest BCUT2D eigenvalue weighted by Gasteiger charge is 2.28. The van der Waals surface area contributed by atoms with E-state index in [4.69, 9.17) is 0 Å². The Balaban J connectivity index is 1.73. The molecule has 0 amide bonds. The van der Waals surface area contributed by atoms with Gasteiger partial charge in [0.2, 0.25) is 0 Å². The molecule has 1 heteroatoms. The summed E-state index contributed by atoms with van der Waals surface area (Å²) in [4.78, 5) is 0. The maximum absolute atomic E-state index is 3.64. The van der Waals surface area contributed by atoms with Gasteiger partial charge in [-0.3, -0.25) is 0 Å². The summed E-state index contributed by atoms with van der Waals surface area (Å²) in [6.45, 7) is 4.76. The summed E-state index contributed by atoms with van der Waals surface area (Å²) in [5.74, 6) is 2.70. The lowest BCUT2D eigenvalue weighted by Gasteiger charge is -2.35. The van der Waals surface area contributed by atoms with E-state index in [2.05, 4.69) is 43.4 Å². The van der Waals surface area contributed by atoms with Crippen molar-refractivity contribution >= 4 is 5.69 Å². The predicted octanol–water partition coefficient (Wildman–Crippen LogP) is 5.19. The standard InChI is InChI=1S/C18H27N/c1-13-6-5-7-15(10-13)12-16-11-14(2)19-18-9-4-3-8-17(16)18/h3-4,8-9,13-16,19H,5-7,10-12H2,1-2H3. The fraction of sp³-hybridized carbons (Fsp3) is 0.667. The number of benzene rings is 1. The Morgan fingerprint density at radius 1 is 1.11 bits per heavy atom. The molecule has 0 aromatic heterocycles. The molecule has 1 aliphatic carbocycles. The first-order valence-corrected chi connectivity index (χ1v) is 8.08. The molecule has 1 heterocycles. The fourth-order valence-electron chi connectivity index (χ4n) is 4.26. The minimum absolute atomic E-state index is 0.626. The predicted molar refractivity (Wildman–Crippen MR) is 82.6 cm³/mol. The van der Waals surface area contributed by atoms with Gasteiger partial charge in [-0.2, -0.15) is 0 Å². The number of rotatable bonds is 2. The van der Waals surface area contributed by atoms with Gasteiger partial charge in [-0.1, -0.05) is 44.4 Å². The van der Waals surface area contributed by atoms with E-state index in [0.717, 1.165) is 17.8 Å². The van der Waals surface area contributed by atoms with Crippen molar-refractivity contribution in [2.24, 2.45) is 11.8 Å². The van der Waals surface area contributed by atoms with Crippen molar-refractivity contribution in [2.75, 3.05) is 5.32 Å². The van der Waals surface area contributed by atoms with Gasteiger partial charge < -0.3 is 5.32 Å². The van der Waals surface area contributed by atoms with Crippen LogP contribution in [0.1, 0.15) is 63.9 Å². The number of hydrogen-bond acceptors (Lipinski definition) is 1. The zero-order chi connectivity index (χ0) is 13.2. The van der Waals surface area contributed by atoms with Crippen LogP contribution in [0.5, 0.6) is 0 Å². The van der Waals surface area contributed by atoms with E-state index in [9.17, 15) is 0 Å². The van der Waals surface area contributed by atoms with Crippen molar-refractivity contribution in [3.63, 3.8) is 0 Å². The molecule has 1 aromatic rings. The summed E-state index contributed by atoms with van der Waals surface area (Å²) in [5, 5.41) is 3.64. The highest BCUT2D eigenvalue weighted by atomic mass is 14.9. The zero-order valence-electron chi connectivity index (χ0n) is 12.4. The van der Waals surface area contributed by atoms with E-state index >= 15 is 0 Å². The molecule has 1 fully saturated rings. The monoisotopic (exact) mass is 257 g/mol. The van der Waals surface area contributed by atoms with Crippen LogP contribution in [-0.4, -0.2) is 6.04 Å². The van der Waals surface area contributed by atoms with Crippen LogP contribution in [-0.2, 0) is 0 Å². The van der Waals surface area contributed by atoms with Gasteiger partial charge in [0, 0.05) is 11.7 Å². The number of nitrogens with one attached hydrogen (secondary N) is 1. The minimum atomic E-state index is 0.626. The van der Waals surface area contributed by atoms with E-state index < -0.39 is 0 Å². The third-order valence-electron chi connectivity index (χ3n) is 5.10. The van der Waals surface area contributed by atoms with E-state index in [0.29, 0.717) is 6.04 Å². The summed E-state index contributed by atoms with van der Waals surface area (Å²) in [6.07, 6.45) is 8.55. The second-order valence-corrected chi connectivity index (χ2v) is 6.94. The number of para-hydroxylation sites is 1. The largest absolute Gasteiger partial charge is 0.382 e. The molecule has 104 valence electrons. The molecular weight excluding hydrogens is 230 g/mol. The second-order valence-electron chi connectivity index (χ2n) is 6.94. The van der Waals surface area contributed by atoms with Crippen molar-refractivity contribution in [1.82, 2.24) is 0 Å². The molecule has 1 aromatic carbocycles. The van der Waals surface area contributed by atoms with Crippen molar-refractivity contribution < 1.29 is 0 Å². The normalized spacial score (nSPS) is 34.4. The molecule has 0 bridgehead atoms. The molecule has 19 heavy (non-hydrogen) atoms. The zero-order valence-corrected chi connectivity index (χ0v) is 12.4. The van der Waals surface area contributed by atoms with Gasteiger partial charge in [-0.05, 0) is 55.6 Å². The first kappa shape index (κ1) is 13.0. The highest BCUT2D eigenvalue weighted by molar-refractivity contribution is 5.55. The van der Waals surface area contributed by atoms with Gasteiger partial charge in [0.25, 0.3) is 0 Å². The Hall–Kier alpha value is -0.980. The molecule has 4 atom stereocenters. The summed E-state index contributed by atoms with van der Waals surface area (Å²) in [7, 11) is 0. The molecule has 0 radical (unpaired) electrons. The Morgan fingerprint density at radius 2 is 1.95 bits per heavy atom. The topological polar surface area (TPSA) is 12.0 Å². The van der Waals surface area contributed by atoms with Crippen molar-refractivity contribution in [2.45, 2.75) is 64.3 Å². The molecule has 1 aliphatic heterocycles. The van der Waals surface area contributed by atoms with E-state index in [1.165, 1.54) is 44.2 Å². The van der Waals surface area contributed by atoms with Crippen molar-refractivity contribution in [3.05, 3.63) is 29.8 Å². The third-order valence-corrected chi connectivity index (χ3v) is 5.10. The van der Waals surface area contributed by atoms with Crippen LogP contribution in [0.3, 0.4) is 0 Å². The lowest BCUT2D eigenvalue weighted by molar-refractivity contribution is 0.251. The van der Waals surface area contributed by atoms with Crippen LogP contribution in [0.25, 0.3) is 0 Å². The van der Waals surface area contributed by atoms with Crippen LogP contribution < -0.4 is 5.32 Å². The van der Waals surface area contributed by atoms with Gasteiger partial charge in [0.05, 0.1) is 0 Å². The Bertz CT molecular complexity index is 425. The summed E-state index contributed by atoms with van der Waals surface area (Å²) in [5.41, 5.74) is 2.95. The van der Waals surface area contributed by atoms with Crippen molar-refractivity contribution in [3.8, 4) is 0 Å². The number of hydrogen-bond donors (Lipinski definition) is 1. The van der Waals surface area contributed by atoms with Gasteiger partial charge in [-0.15, -0.1) is 0 Å². The van der Waals surface area contributed by atoms with Crippen LogP contribution in [0.2, 0.25) is 0 Å². The van der Waals surface area contributed by atoms with Gasteiger partial charge in [-0.25, -0.2) is 0 Å². The Kier molecular flexibility index (Phi) is 3.81. The molecule has 0 spiro atoms. The average Bonchev–Trinajstić information content (AvgIpc) is 2.38. The summed E-state index contributed by atoms with van der Waals surface area (Å²) in [6, 6.07) is 9.57. The molecule has 4 unspecified atom stereocenters. The molecule has 2 aliphatic rings. The molecule has 1 saturated carbocycles. The van der Waals surface area contributed by atoms with Gasteiger partial charge in [0.1, 0.15) is 0 Å². The van der Waals surface area contributed by atoms with Gasteiger partial charge >= 0.3 is 0 Å². The first-order chi connectivity index (χ1) is 9.22. The second kappa shape index (κ2) is 5.56. The van der Waals surface area contributed by atoms with E-state index in [-0.39, 0.29) is 0 Å². The Labute approximate surface area is 117 Å². The smallest absolute Gasteiger partial charge is 0.0377 e. The number of fused-ring (bicyclic) bond motifs is 1. The fourth-order valence-corrected chi connectivity index (χ4v) is 4.26. The van der Waals surface area contributed by atoms with E-state index in [1.54, 1.807) is 5.56 Å². The average molecular weight is 257 g/mol. The molecule has 3 rings (SSSR count). The highest BCUT2D eigenvalue weighted by Crippen LogP contribution is 2.41. The van der Waals surface area contributed by atoms with Crippen LogP contribution >= 0.6 is 0 Å². The quantitative estimate of drug-likeness (QED) is 0.768. The summed E-state index contributed by atoms with van der Waals surface area (Å²) >= 11 is 0. The maximum atomic E-state index is 3.64. The molecule has 1 N–H and O–H groups in total. The Morgan fingerprint density at radius 3 is 2.79 bits per heavy atom. The molecule has 0 saturated heterocycles. The lowest BCUT2D eigenvalue weighted by atomic mass is 9.74. The van der Waals surface area contributed by atoms with Crippen LogP contribution in [0.4, 0.5) is 5.69 Å². The van der Waals surface area contributed by atoms with Crippen LogP contribution in [0.15, 0.2) is 24.3 Å². The van der Waals surface area contributed by atoms with E-state index in [1.807, 2.05) is 0 Å². The molecular formula is C18H27N. The van der Waals surface area contributed by atoms with Crippen molar-refractivity contribution in [1.29, 1.82) is 0 Å². The minimum Gasteiger partial charge on any atom is -0.382 e. The third kappa shape index (κ3) is 2.96. The SMILES string of the molecule is CC1CCCC(CC2CC(C)Nc3ccccc32)C1. The lowest BCUT2D eigenvalue weighted by Crippen LogP contribution is -2.27. The van der Waals surface area contributed by atoms with Gasteiger partial charge in [0.15, 0.2) is 0 Å². The van der Waals surface area contributed by atoms with Crippen LogP contribution in [0, 0.1) is 11.8 Å². The molecule has 1 nitrogen and oxygen atoms in total. The first-order valence-electron chi connectivity index (χ1n) is 8.08. The maximum Gasteiger partial charge on any atom is 0.0377 e.